The molecule has 0 spiro atoms. The fourth-order valence-corrected chi connectivity index (χ4v) is 2.23. The van der Waals surface area contributed by atoms with Crippen LogP contribution in [0.15, 0.2) is 52.9 Å². The van der Waals surface area contributed by atoms with Crippen molar-refractivity contribution >= 4 is 5.69 Å². The highest BCUT2D eigenvalue weighted by atomic mass is 19.3. The highest BCUT2D eigenvalue weighted by molar-refractivity contribution is 5.61. The molecule has 3 rings (SSSR count). The van der Waals surface area contributed by atoms with E-state index in [1.54, 1.807) is 25.1 Å². The average Bonchev–Trinajstić information content (AvgIpc) is 3.00. The summed E-state index contributed by atoms with van der Waals surface area (Å²) in [5.41, 5.74) is 2.21. The van der Waals surface area contributed by atoms with E-state index in [0.29, 0.717) is 23.9 Å². The standard InChI is InChI=1S/C17H15F2N3O2/c1-11-21-22-16(23-11)12-6-4-7-14(9-12)20-10-13-5-2-3-8-15(13)24-17(18)19/h2-9,17,20H,10H2,1H3. The van der Waals surface area contributed by atoms with Crippen LogP contribution in [0, 0.1) is 6.92 Å². The molecule has 1 aromatic heterocycles. The molecule has 5 nitrogen and oxygen atoms in total. The molecule has 3 aromatic rings. The van der Waals surface area contributed by atoms with Gasteiger partial charge >= 0.3 is 6.61 Å². The van der Waals surface area contributed by atoms with Crippen LogP contribution >= 0.6 is 0 Å². The summed E-state index contributed by atoms with van der Waals surface area (Å²) < 4.78 is 34.8. The molecule has 0 aliphatic heterocycles. The minimum absolute atomic E-state index is 0.156. The number of nitrogens with zero attached hydrogens (tertiary/aromatic N) is 2. The van der Waals surface area contributed by atoms with E-state index in [2.05, 4.69) is 20.3 Å². The van der Waals surface area contributed by atoms with Gasteiger partial charge in [0.15, 0.2) is 0 Å². The van der Waals surface area contributed by atoms with Crippen LogP contribution in [-0.2, 0) is 6.54 Å². The zero-order chi connectivity index (χ0) is 16.9. The Morgan fingerprint density at radius 2 is 1.96 bits per heavy atom. The maximum absolute atomic E-state index is 12.4. The Kier molecular flexibility index (Phi) is 4.69. The first-order valence-electron chi connectivity index (χ1n) is 7.29. The zero-order valence-electron chi connectivity index (χ0n) is 12.9. The lowest BCUT2D eigenvalue weighted by Crippen LogP contribution is -2.07. The predicted molar refractivity (Wildman–Crippen MR) is 84.9 cm³/mol. The smallest absolute Gasteiger partial charge is 0.387 e. The molecular formula is C17H15F2N3O2. The lowest BCUT2D eigenvalue weighted by atomic mass is 10.1. The number of alkyl halides is 2. The molecule has 7 heteroatoms. The fourth-order valence-electron chi connectivity index (χ4n) is 2.23. The third-order valence-corrected chi connectivity index (χ3v) is 3.31. The molecule has 0 fully saturated rings. The van der Waals surface area contributed by atoms with E-state index >= 15 is 0 Å². The van der Waals surface area contributed by atoms with Crippen LogP contribution in [0.3, 0.4) is 0 Å². The number of aryl methyl sites for hydroxylation is 1. The van der Waals surface area contributed by atoms with Crippen molar-refractivity contribution in [1.82, 2.24) is 10.2 Å². The zero-order valence-corrected chi connectivity index (χ0v) is 12.9. The second-order valence-electron chi connectivity index (χ2n) is 5.05. The second kappa shape index (κ2) is 7.08. The van der Waals surface area contributed by atoms with Gasteiger partial charge in [-0.25, -0.2) is 0 Å². The Morgan fingerprint density at radius 3 is 2.71 bits per heavy atom. The van der Waals surface area contributed by atoms with Crippen LogP contribution in [-0.4, -0.2) is 16.8 Å². The fraction of sp³-hybridized carbons (Fsp3) is 0.176. The molecule has 2 aromatic carbocycles. The molecule has 0 aliphatic carbocycles. The summed E-state index contributed by atoms with van der Waals surface area (Å²) in [7, 11) is 0. The number of nitrogens with one attached hydrogen (secondary N) is 1. The van der Waals surface area contributed by atoms with Crippen molar-refractivity contribution in [2.75, 3.05) is 5.32 Å². The van der Waals surface area contributed by atoms with Gasteiger partial charge in [0.25, 0.3) is 0 Å². The maximum atomic E-state index is 12.4. The van der Waals surface area contributed by atoms with E-state index in [4.69, 9.17) is 4.42 Å². The van der Waals surface area contributed by atoms with E-state index in [-0.39, 0.29) is 5.75 Å². The van der Waals surface area contributed by atoms with Gasteiger partial charge in [-0.3, -0.25) is 0 Å². The summed E-state index contributed by atoms with van der Waals surface area (Å²) in [5, 5.41) is 11.0. The third-order valence-electron chi connectivity index (χ3n) is 3.31. The highest BCUT2D eigenvalue weighted by Crippen LogP contribution is 2.24. The van der Waals surface area contributed by atoms with Crippen molar-refractivity contribution < 1.29 is 17.9 Å². The van der Waals surface area contributed by atoms with Gasteiger partial charge in [-0.1, -0.05) is 24.3 Å². The lowest BCUT2D eigenvalue weighted by molar-refractivity contribution is -0.0504. The first-order chi connectivity index (χ1) is 11.6. The van der Waals surface area contributed by atoms with E-state index < -0.39 is 6.61 Å². The molecule has 24 heavy (non-hydrogen) atoms. The van der Waals surface area contributed by atoms with Gasteiger partial charge in [-0.15, -0.1) is 10.2 Å². The van der Waals surface area contributed by atoms with Crippen molar-refractivity contribution in [2.45, 2.75) is 20.1 Å². The van der Waals surface area contributed by atoms with Crippen molar-refractivity contribution in [3.63, 3.8) is 0 Å². The lowest BCUT2D eigenvalue weighted by Gasteiger charge is -2.12. The largest absolute Gasteiger partial charge is 0.434 e. The molecule has 0 aliphatic rings. The SMILES string of the molecule is Cc1nnc(-c2cccc(NCc3ccccc3OC(F)F)c2)o1. The van der Waals surface area contributed by atoms with Gasteiger partial charge in [0.2, 0.25) is 11.8 Å². The summed E-state index contributed by atoms with van der Waals surface area (Å²) in [6.07, 6.45) is 0. The van der Waals surface area contributed by atoms with Gasteiger partial charge in [0.05, 0.1) is 0 Å². The normalized spacial score (nSPS) is 10.8. The Morgan fingerprint density at radius 1 is 1.12 bits per heavy atom. The molecule has 0 saturated heterocycles. The van der Waals surface area contributed by atoms with Gasteiger partial charge < -0.3 is 14.5 Å². The molecule has 1 N–H and O–H groups in total. The molecule has 0 unspecified atom stereocenters. The number of aromatic nitrogens is 2. The molecule has 0 amide bonds. The monoisotopic (exact) mass is 331 g/mol. The first kappa shape index (κ1) is 15.9. The van der Waals surface area contributed by atoms with E-state index in [1.165, 1.54) is 6.07 Å². The Hall–Kier alpha value is -2.96. The van der Waals surface area contributed by atoms with Gasteiger partial charge in [0, 0.05) is 30.3 Å². The molecule has 0 saturated carbocycles. The van der Waals surface area contributed by atoms with Crippen LogP contribution in [0.4, 0.5) is 14.5 Å². The number of para-hydroxylation sites is 1. The Balaban J connectivity index is 1.74. The third kappa shape index (κ3) is 3.87. The summed E-state index contributed by atoms with van der Waals surface area (Å²) in [6.45, 7) is -0.788. The van der Waals surface area contributed by atoms with Gasteiger partial charge in [-0.2, -0.15) is 8.78 Å². The average molecular weight is 331 g/mol. The molecular weight excluding hydrogens is 316 g/mol. The van der Waals surface area contributed by atoms with Crippen LogP contribution in [0.1, 0.15) is 11.5 Å². The van der Waals surface area contributed by atoms with E-state index in [0.717, 1.165) is 11.3 Å². The maximum Gasteiger partial charge on any atom is 0.387 e. The summed E-state index contributed by atoms with van der Waals surface area (Å²) in [6, 6.07) is 14.1. The number of benzene rings is 2. The molecule has 0 atom stereocenters. The summed E-state index contributed by atoms with van der Waals surface area (Å²) in [5.74, 6) is 1.07. The van der Waals surface area contributed by atoms with Crippen molar-refractivity contribution in [3.05, 3.63) is 60.0 Å². The number of ether oxygens (including phenoxy) is 1. The van der Waals surface area contributed by atoms with E-state index in [1.807, 2.05) is 24.3 Å². The second-order valence-corrected chi connectivity index (χ2v) is 5.05. The van der Waals surface area contributed by atoms with Crippen LogP contribution in [0.25, 0.3) is 11.5 Å². The van der Waals surface area contributed by atoms with E-state index in [9.17, 15) is 8.78 Å². The Labute approximate surface area is 137 Å². The quantitative estimate of drug-likeness (QED) is 0.731. The Bertz CT molecular complexity index is 821. The summed E-state index contributed by atoms with van der Waals surface area (Å²) >= 11 is 0. The molecule has 0 radical (unpaired) electrons. The minimum Gasteiger partial charge on any atom is -0.434 e. The number of hydrogen-bond donors (Lipinski definition) is 1. The summed E-state index contributed by atoms with van der Waals surface area (Å²) in [4.78, 5) is 0. The topological polar surface area (TPSA) is 60.2 Å². The predicted octanol–water partition coefficient (Wildman–Crippen LogP) is 4.26. The molecule has 1 heterocycles. The first-order valence-corrected chi connectivity index (χ1v) is 7.29. The van der Waals surface area contributed by atoms with Crippen LogP contribution in [0.2, 0.25) is 0 Å². The van der Waals surface area contributed by atoms with Gasteiger partial charge in [-0.05, 0) is 24.3 Å². The molecule has 124 valence electrons. The number of rotatable bonds is 6. The number of halogens is 2. The van der Waals surface area contributed by atoms with Crippen molar-refractivity contribution in [2.24, 2.45) is 0 Å². The highest BCUT2D eigenvalue weighted by Gasteiger charge is 2.10. The number of anilines is 1. The van der Waals surface area contributed by atoms with Crippen molar-refractivity contribution in [3.8, 4) is 17.2 Å². The minimum atomic E-state index is -2.85. The number of hydrogen-bond acceptors (Lipinski definition) is 5. The van der Waals surface area contributed by atoms with Crippen LogP contribution < -0.4 is 10.1 Å². The van der Waals surface area contributed by atoms with Gasteiger partial charge in [0.1, 0.15) is 5.75 Å². The van der Waals surface area contributed by atoms with Crippen molar-refractivity contribution in [1.29, 1.82) is 0 Å². The molecule has 0 bridgehead atoms. The van der Waals surface area contributed by atoms with Crippen LogP contribution in [0.5, 0.6) is 5.75 Å².